The maximum absolute atomic E-state index is 11.9. The van der Waals surface area contributed by atoms with Gasteiger partial charge in [0.15, 0.2) is 0 Å². The van der Waals surface area contributed by atoms with Crippen molar-refractivity contribution in [1.29, 1.82) is 0 Å². The Hall–Kier alpha value is -1.95. The van der Waals surface area contributed by atoms with E-state index in [4.69, 9.17) is 5.11 Å². The lowest BCUT2D eigenvalue weighted by molar-refractivity contribution is -0.384. The second-order valence-corrected chi connectivity index (χ2v) is 5.36. The van der Waals surface area contributed by atoms with Crippen molar-refractivity contribution < 1.29 is 14.8 Å². The number of non-ortho nitro benzene ring substituents is 1. The molecule has 0 saturated heterocycles. The van der Waals surface area contributed by atoms with Gasteiger partial charge in [0.25, 0.3) is 5.69 Å². The molecule has 1 rings (SSSR count). The first-order valence-electron chi connectivity index (χ1n) is 7.07. The van der Waals surface area contributed by atoms with Gasteiger partial charge in [0.2, 0.25) is 5.91 Å². The molecule has 1 aromatic carbocycles. The van der Waals surface area contributed by atoms with Crippen LogP contribution < -0.4 is 5.32 Å². The van der Waals surface area contributed by atoms with Crippen LogP contribution in [0.15, 0.2) is 24.3 Å². The number of amides is 1. The molecule has 21 heavy (non-hydrogen) atoms. The van der Waals surface area contributed by atoms with Crippen LogP contribution in [0.1, 0.15) is 32.3 Å². The lowest BCUT2D eigenvalue weighted by Gasteiger charge is -2.21. The van der Waals surface area contributed by atoms with Gasteiger partial charge in [0, 0.05) is 31.2 Å². The third kappa shape index (κ3) is 5.91. The van der Waals surface area contributed by atoms with Crippen molar-refractivity contribution in [3.05, 3.63) is 39.9 Å². The highest BCUT2D eigenvalue weighted by Gasteiger charge is 2.15. The molecule has 0 aliphatic rings. The number of carbonyl (C=O) groups excluding carboxylic acids is 1. The number of nitro benzene ring substituents is 1. The molecule has 0 spiro atoms. The SMILES string of the molecule is CC(C)C(CCO)NC(=O)CCc1cccc([N+](=O)[O-])c1. The second-order valence-electron chi connectivity index (χ2n) is 5.36. The van der Waals surface area contributed by atoms with Gasteiger partial charge in [0.1, 0.15) is 0 Å². The molecule has 0 fully saturated rings. The maximum atomic E-state index is 11.9. The summed E-state index contributed by atoms with van der Waals surface area (Å²) in [5.74, 6) is 0.146. The molecule has 6 heteroatoms. The third-order valence-electron chi connectivity index (χ3n) is 3.35. The standard InChI is InChI=1S/C15H22N2O4/c1-11(2)14(8-9-18)16-15(19)7-6-12-4-3-5-13(10-12)17(20)21/h3-5,10-11,14,18H,6-9H2,1-2H3,(H,16,19). The average Bonchev–Trinajstić information content (AvgIpc) is 2.45. The van der Waals surface area contributed by atoms with Gasteiger partial charge >= 0.3 is 0 Å². The van der Waals surface area contributed by atoms with Crippen molar-refractivity contribution in [2.45, 2.75) is 39.2 Å². The maximum Gasteiger partial charge on any atom is 0.269 e. The van der Waals surface area contributed by atoms with E-state index in [0.29, 0.717) is 12.8 Å². The Morgan fingerprint density at radius 3 is 2.71 bits per heavy atom. The minimum atomic E-state index is -0.445. The number of hydrogen-bond acceptors (Lipinski definition) is 4. The summed E-state index contributed by atoms with van der Waals surface area (Å²) in [5.41, 5.74) is 0.802. The minimum Gasteiger partial charge on any atom is -0.396 e. The number of rotatable bonds is 8. The van der Waals surface area contributed by atoms with E-state index in [0.717, 1.165) is 5.56 Å². The molecular weight excluding hydrogens is 272 g/mol. The molecule has 0 heterocycles. The van der Waals surface area contributed by atoms with Crippen molar-refractivity contribution in [3.63, 3.8) is 0 Å². The fraction of sp³-hybridized carbons (Fsp3) is 0.533. The van der Waals surface area contributed by atoms with Crippen LogP contribution in [0.4, 0.5) is 5.69 Å². The Bertz CT molecular complexity index is 488. The van der Waals surface area contributed by atoms with E-state index < -0.39 is 4.92 Å². The fourth-order valence-corrected chi connectivity index (χ4v) is 2.07. The highest BCUT2D eigenvalue weighted by atomic mass is 16.6. The molecule has 1 aromatic rings. The number of hydrogen-bond donors (Lipinski definition) is 2. The molecule has 0 aliphatic carbocycles. The third-order valence-corrected chi connectivity index (χ3v) is 3.35. The molecule has 1 atom stereocenters. The van der Waals surface area contributed by atoms with Gasteiger partial charge in [-0.15, -0.1) is 0 Å². The molecule has 6 nitrogen and oxygen atoms in total. The Labute approximate surface area is 124 Å². The van der Waals surface area contributed by atoms with Crippen molar-refractivity contribution in [2.75, 3.05) is 6.61 Å². The van der Waals surface area contributed by atoms with Crippen molar-refractivity contribution >= 4 is 11.6 Å². The average molecular weight is 294 g/mol. The highest BCUT2D eigenvalue weighted by molar-refractivity contribution is 5.76. The van der Waals surface area contributed by atoms with E-state index in [9.17, 15) is 14.9 Å². The summed E-state index contributed by atoms with van der Waals surface area (Å²) in [5, 5.41) is 22.6. The number of benzene rings is 1. The van der Waals surface area contributed by atoms with Crippen molar-refractivity contribution in [1.82, 2.24) is 5.32 Å². The van der Waals surface area contributed by atoms with Crippen LogP contribution in [-0.2, 0) is 11.2 Å². The zero-order valence-electron chi connectivity index (χ0n) is 12.4. The van der Waals surface area contributed by atoms with E-state index in [1.165, 1.54) is 12.1 Å². The van der Waals surface area contributed by atoms with E-state index in [1.807, 2.05) is 13.8 Å². The molecule has 0 bridgehead atoms. The molecule has 2 N–H and O–H groups in total. The highest BCUT2D eigenvalue weighted by Crippen LogP contribution is 2.14. The quantitative estimate of drug-likeness (QED) is 0.567. The summed E-state index contributed by atoms with van der Waals surface area (Å²) in [4.78, 5) is 22.1. The van der Waals surface area contributed by atoms with Gasteiger partial charge in [-0.25, -0.2) is 0 Å². The Kier molecular flexibility index (Phi) is 6.81. The summed E-state index contributed by atoms with van der Waals surface area (Å²) in [6, 6.07) is 6.26. The number of carbonyl (C=O) groups is 1. The van der Waals surface area contributed by atoms with Crippen molar-refractivity contribution in [2.24, 2.45) is 5.92 Å². The number of aliphatic hydroxyl groups excluding tert-OH is 1. The molecule has 116 valence electrons. The van der Waals surface area contributed by atoms with Gasteiger partial charge in [-0.1, -0.05) is 26.0 Å². The summed E-state index contributed by atoms with van der Waals surface area (Å²) >= 11 is 0. The molecule has 1 unspecified atom stereocenters. The van der Waals surface area contributed by atoms with Gasteiger partial charge < -0.3 is 10.4 Å². The summed E-state index contributed by atoms with van der Waals surface area (Å²) in [7, 11) is 0. The first-order valence-corrected chi connectivity index (χ1v) is 7.07. The topological polar surface area (TPSA) is 92.5 Å². The minimum absolute atomic E-state index is 0.0354. The van der Waals surface area contributed by atoms with Crippen molar-refractivity contribution in [3.8, 4) is 0 Å². The predicted molar refractivity (Wildman–Crippen MR) is 79.9 cm³/mol. The van der Waals surface area contributed by atoms with Crippen LogP contribution in [0.2, 0.25) is 0 Å². The smallest absolute Gasteiger partial charge is 0.269 e. The zero-order valence-corrected chi connectivity index (χ0v) is 12.4. The number of nitrogens with one attached hydrogen (secondary N) is 1. The zero-order chi connectivity index (χ0) is 15.8. The van der Waals surface area contributed by atoms with Gasteiger partial charge in [-0.3, -0.25) is 14.9 Å². The summed E-state index contributed by atoms with van der Waals surface area (Å²) in [6.45, 7) is 4.01. The van der Waals surface area contributed by atoms with Crippen LogP contribution in [-0.4, -0.2) is 28.6 Å². The molecule has 0 radical (unpaired) electrons. The Morgan fingerprint density at radius 2 is 2.14 bits per heavy atom. The number of aliphatic hydroxyl groups is 1. The lowest BCUT2D eigenvalue weighted by Crippen LogP contribution is -2.39. The van der Waals surface area contributed by atoms with Crippen LogP contribution in [0, 0.1) is 16.0 Å². The molecule has 1 amide bonds. The Morgan fingerprint density at radius 1 is 1.43 bits per heavy atom. The summed E-state index contributed by atoms with van der Waals surface area (Å²) in [6.07, 6.45) is 1.26. The number of nitrogens with zero attached hydrogens (tertiary/aromatic N) is 1. The number of aryl methyl sites for hydroxylation is 1. The van der Waals surface area contributed by atoms with E-state index in [-0.39, 0.29) is 36.6 Å². The first-order chi connectivity index (χ1) is 9.93. The second kappa shape index (κ2) is 8.36. The van der Waals surface area contributed by atoms with Crippen LogP contribution >= 0.6 is 0 Å². The van der Waals surface area contributed by atoms with Crippen LogP contribution in [0.3, 0.4) is 0 Å². The predicted octanol–water partition coefficient (Wildman–Crippen LogP) is 2.05. The van der Waals surface area contributed by atoms with Crippen LogP contribution in [0.25, 0.3) is 0 Å². The largest absolute Gasteiger partial charge is 0.396 e. The monoisotopic (exact) mass is 294 g/mol. The van der Waals surface area contributed by atoms with E-state index in [1.54, 1.807) is 12.1 Å². The fourth-order valence-electron chi connectivity index (χ4n) is 2.07. The van der Waals surface area contributed by atoms with Crippen LogP contribution in [0.5, 0.6) is 0 Å². The molecule has 0 aliphatic heterocycles. The lowest BCUT2D eigenvalue weighted by atomic mass is 10.0. The molecule has 0 aromatic heterocycles. The Balaban J connectivity index is 2.52. The number of nitro groups is 1. The van der Waals surface area contributed by atoms with Gasteiger partial charge in [0.05, 0.1) is 4.92 Å². The van der Waals surface area contributed by atoms with E-state index >= 15 is 0 Å². The molecular formula is C15H22N2O4. The first kappa shape index (κ1) is 17.1. The normalized spacial score (nSPS) is 12.2. The van der Waals surface area contributed by atoms with Gasteiger partial charge in [-0.2, -0.15) is 0 Å². The summed E-state index contributed by atoms with van der Waals surface area (Å²) < 4.78 is 0. The molecule has 0 saturated carbocycles. The van der Waals surface area contributed by atoms with Gasteiger partial charge in [-0.05, 0) is 24.3 Å². The van der Waals surface area contributed by atoms with E-state index in [2.05, 4.69) is 5.32 Å².